The first-order valence-corrected chi connectivity index (χ1v) is 10.1. The first kappa shape index (κ1) is 18.9. The van der Waals surface area contributed by atoms with Crippen molar-refractivity contribution in [3.63, 3.8) is 0 Å². The number of thioether (sulfide) groups is 1. The van der Waals surface area contributed by atoms with Crippen LogP contribution in [0.1, 0.15) is 11.1 Å². The van der Waals surface area contributed by atoms with Crippen LogP contribution in [0.2, 0.25) is 0 Å². The summed E-state index contributed by atoms with van der Waals surface area (Å²) in [5.74, 6) is 0.582. The van der Waals surface area contributed by atoms with E-state index in [1.807, 2.05) is 61.5 Å². The van der Waals surface area contributed by atoms with Crippen molar-refractivity contribution in [1.29, 1.82) is 0 Å². The summed E-state index contributed by atoms with van der Waals surface area (Å²) in [6, 6.07) is 18.9. The molecule has 0 saturated carbocycles. The number of fused-ring (bicyclic) bond motifs is 1. The number of amides is 1. The second-order valence-electron chi connectivity index (χ2n) is 6.51. The molecule has 4 aromatic rings. The van der Waals surface area contributed by atoms with Crippen LogP contribution in [-0.4, -0.2) is 31.2 Å². The van der Waals surface area contributed by atoms with Crippen molar-refractivity contribution in [2.24, 2.45) is 0 Å². The van der Waals surface area contributed by atoms with Crippen LogP contribution >= 0.6 is 11.8 Å². The van der Waals surface area contributed by atoms with Crippen molar-refractivity contribution < 1.29 is 4.79 Å². The predicted molar refractivity (Wildman–Crippen MR) is 113 cm³/mol. The molecular formula is C21H19N5O2S. The summed E-state index contributed by atoms with van der Waals surface area (Å²) in [7, 11) is 0. The summed E-state index contributed by atoms with van der Waals surface area (Å²) in [5, 5.41) is 6.08. The number of rotatable bonds is 6. The highest BCUT2D eigenvalue weighted by molar-refractivity contribution is 7.99. The second kappa shape index (κ2) is 8.32. The number of aromatic amines is 1. The Balaban J connectivity index is 1.55. The van der Waals surface area contributed by atoms with Crippen LogP contribution in [0.5, 0.6) is 0 Å². The summed E-state index contributed by atoms with van der Waals surface area (Å²) in [6.45, 7) is 2.45. The maximum atomic E-state index is 12.3. The molecule has 146 valence electrons. The van der Waals surface area contributed by atoms with E-state index < -0.39 is 0 Å². The molecular weight excluding hydrogens is 386 g/mol. The molecule has 0 aliphatic carbocycles. The molecule has 1 amide bonds. The standard InChI is InChI=1S/C21H19N5O2S/c1-14-7-5-6-10-16(14)20-23-17-11-18(27)25-26(17)21(24-20)29-13-19(28)22-12-15-8-3-2-4-9-15/h2-11H,12-13H2,1H3,(H,22,28)(H,25,27). The third kappa shape index (κ3) is 4.38. The van der Waals surface area contributed by atoms with Gasteiger partial charge in [0.2, 0.25) is 5.91 Å². The van der Waals surface area contributed by atoms with E-state index in [1.165, 1.54) is 22.3 Å². The minimum atomic E-state index is -0.267. The number of carbonyl (C=O) groups excluding carboxylic acids is 1. The Labute approximate surface area is 171 Å². The van der Waals surface area contributed by atoms with Crippen molar-refractivity contribution in [3.05, 3.63) is 82.1 Å². The van der Waals surface area contributed by atoms with Gasteiger partial charge >= 0.3 is 0 Å². The Morgan fingerprint density at radius 1 is 1.10 bits per heavy atom. The van der Waals surface area contributed by atoms with Crippen LogP contribution in [-0.2, 0) is 11.3 Å². The topological polar surface area (TPSA) is 92.2 Å². The van der Waals surface area contributed by atoms with Gasteiger partial charge < -0.3 is 5.32 Å². The minimum absolute atomic E-state index is 0.113. The van der Waals surface area contributed by atoms with Crippen molar-refractivity contribution in [1.82, 2.24) is 24.9 Å². The molecule has 8 heteroatoms. The number of hydrogen-bond donors (Lipinski definition) is 2. The maximum absolute atomic E-state index is 12.3. The molecule has 0 bridgehead atoms. The molecule has 0 fully saturated rings. The highest BCUT2D eigenvalue weighted by Crippen LogP contribution is 2.23. The van der Waals surface area contributed by atoms with Crippen molar-refractivity contribution in [3.8, 4) is 11.4 Å². The quantitative estimate of drug-likeness (QED) is 0.481. The normalized spacial score (nSPS) is 10.9. The smallest absolute Gasteiger partial charge is 0.266 e. The number of nitrogens with one attached hydrogen (secondary N) is 2. The van der Waals surface area contributed by atoms with Crippen LogP contribution in [0.3, 0.4) is 0 Å². The van der Waals surface area contributed by atoms with Crippen LogP contribution in [0.4, 0.5) is 0 Å². The molecule has 0 atom stereocenters. The Bertz CT molecular complexity index is 1220. The lowest BCUT2D eigenvalue weighted by atomic mass is 10.1. The third-order valence-corrected chi connectivity index (χ3v) is 5.31. The Morgan fingerprint density at radius 3 is 2.66 bits per heavy atom. The van der Waals surface area contributed by atoms with E-state index in [2.05, 4.69) is 20.4 Å². The van der Waals surface area contributed by atoms with Gasteiger partial charge in [-0.2, -0.15) is 0 Å². The summed E-state index contributed by atoms with van der Waals surface area (Å²) >= 11 is 1.25. The number of nitrogens with zero attached hydrogens (tertiary/aromatic N) is 3. The summed E-state index contributed by atoms with van der Waals surface area (Å²) < 4.78 is 1.51. The molecule has 4 rings (SSSR count). The van der Waals surface area contributed by atoms with Crippen LogP contribution in [0, 0.1) is 6.92 Å². The van der Waals surface area contributed by atoms with Gasteiger partial charge in [0.05, 0.1) is 5.75 Å². The van der Waals surface area contributed by atoms with Crippen LogP contribution < -0.4 is 10.9 Å². The molecule has 0 radical (unpaired) electrons. The molecule has 0 spiro atoms. The number of carbonyl (C=O) groups is 1. The van der Waals surface area contributed by atoms with E-state index in [4.69, 9.17) is 0 Å². The number of H-pyrrole nitrogens is 1. The highest BCUT2D eigenvalue weighted by Gasteiger charge is 2.14. The molecule has 29 heavy (non-hydrogen) atoms. The fourth-order valence-electron chi connectivity index (χ4n) is 2.90. The van der Waals surface area contributed by atoms with Gasteiger partial charge in [0, 0.05) is 18.2 Å². The molecule has 2 N–H and O–H groups in total. The van der Waals surface area contributed by atoms with Gasteiger partial charge in [0.25, 0.3) is 5.56 Å². The van der Waals surface area contributed by atoms with E-state index in [0.717, 1.165) is 16.7 Å². The monoisotopic (exact) mass is 405 g/mol. The molecule has 7 nitrogen and oxygen atoms in total. The minimum Gasteiger partial charge on any atom is -0.351 e. The maximum Gasteiger partial charge on any atom is 0.266 e. The zero-order chi connectivity index (χ0) is 20.2. The van der Waals surface area contributed by atoms with E-state index in [9.17, 15) is 9.59 Å². The fraction of sp³-hybridized carbons (Fsp3) is 0.143. The van der Waals surface area contributed by atoms with Crippen LogP contribution in [0.15, 0.2) is 70.6 Å². The van der Waals surface area contributed by atoms with Gasteiger partial charge in [-0.25, -0.2) is 14.5 Å². The molecule has 2 aromatic heterocycles. The zero-order valence-corrected chi connectivity index (χ0v) is 16.6. The fourth-order valence-corrected chi connectivity index (χ4v) is 3.68. The molecule has 0 aliphatic heterocycles. The third-order valence-electron chi connectivity index (χ3n) is 4.38. The number of aryl methyl sites for hydroxylation is 1. The summed E-state index contributed by atoms with van der Waals surface area (Å²) in [5.41, 5.74) is 3.16. The average molecular weight is 405 g/mol. The summed E-state index contributed by atoms with van der Waals surface area (Å²) in [6.07, 6.45) is 0. The molecule has 2 aromatic carbocycles. The Kier molecular flexibility index (Phi) is 5.44. The van der Waals surface area contributed by atoms with Crippen molar-refractivity contribution >= 4 is 23.3 Å². The Hall–Kier alpha value is -3.39. The second-order valence-corrected chi connectivity index (χ2v) is 7.45. The summed E-state index contributed by atoms with van der Waals surface area (Å²) in [4.78, 5) is 33.2. The molecule has 0 saturated heterocycles. The highest BCUT2D eigenvalue weighted by atomic mass is 32.2. The van der Waals surface area contributed by atoms with Gasteiger partial charge in [0.1, 0.15) is 0 Å². The SMILES string of the molecule is Cc1ccccc1-c1nc(SCC(=O)NCc2ccccc2)n2[nH]c(=O)cc2n1. The van der Waals surface area contributed by atoms with Gasteiger partial charge in [-0.1, -0.05) is 66.4 Å². The predicted octanol–water partition coefficient (Wildman–Crippen LogP) is 2.80. The average Bonchev–Trinajstić information content (AvgIpc) is 3.11. The first-order chi connectivity index (χ1) is 14.1. The molecule has 2 heterocycles. The van der Waals surface area contributed by atoms with Crippen molar-refractivity contribution in [2.45, 2.75) is 18.6 Å². The zero-order valence-electron chi connectivity index (χ0n) is 15.8. The number of aromatic nitrogens is 4. The van der Waals surface area contributed by atoms with E-state index in [0.29, 0.717) is 23.2 Å². The van der Waals surface area contributed by atoms with E-state index in [1.54, 1.807) is 0 Å². The van der Waals surface area contributed by atoms with Crippen LogP contribution in [0.25, 0.3) is 17.0 Å². The van der Waals surface area contributed by atoms with Gasteiger partial charge in [0.15, 0.2) is 16.6 Å². The van der Waals surface area contributed by atoms with Crippen molar-refractivity contribution in [2.75, 3.05) is 5.75 Å². The van der Waals surface area contributed by atoms with Gasteiger partial charge in [-0.15, -0.1) is 0 Å². The lowest BCUT2D eigenvalue weighted by Gasteiger charge is -2.09. The number of benzene rings is 2. The van der Waals surface area contributed by atoms with E-state index >= 15 is 0 Å². The largest absolute Gasteiger partial charge is 0.351 e. The Morgan fingerprint density at radius 2 is 1.86 bits per heavy atom. The van der Waals surface area contributed by atoms with Gasteiger partial charge in [-0.3, -0.25) is 14.7 Å². The molecule has 0 aliphatic rings. The lowest BCUT2D eigenvalue weighted by Crippen LogP contribution is -2.24. The number of hydrogen-bond acceptors (Lipinski definition) is 5. The van der Waals surface area contributed by atoms with E-state index in [-0.39, 0.29) is 17.2 Å². The first-order valence-electron chi connectivity index (χ1n) is 9.09. The van der Waals surface area contributed by atoms with Gasteiger partial charge in [-0.05, 0) is 18.1 Å². The lowest BCUT2D eigenvalue weighted by molar-refractivity contribution is -0.118. The molecule has 0 unspecified atom stereocenters.